The summed E-state index contributed by atoms with van der Waals surface area (Å²) >= 11 is 12.3. The minimum Gasteiger partial charge on any atom is -0.497 e. The van der Waals surface area contributed by atoms with Gasteiger partial charge < -0.3 is 9.64 Å². The van der Waals surface area contributed by atoms with Crippen LogP contribution in [-0.2, 0) is 12.0 Å². The maximum atomic E-state index is 13.5. The van der Waals surface area contributed by atoms with Crippen LogP contribution in [0.3, 0.4) is 0 Å². The van der Waals surface area contributed by atoms with Crippen LogP contribution in [-0.4, -0.2) is 37.6 Å². The van der Waals surface area contributed by atoms with Gasteiger partial charge in [0.25, 0.3) is 5.91 Å². The zero-order valence-electron chi connectivity index (χ0n) is 18.6. The van der Waals surface area contributed by atoms with E-state index in [2.05, 4.69) is 41.3 Å². The average molecular weight is 481 g/mol. The molecule has 0 aromatic heterocycles. The molecular formula is C27H26Cl2N2O2. The molecular weight excluding hydrogens is 455 g/mol. The van der Waals surface area contributed by atoms with Crippen LogP contribution in [0.1, 0.15) is 34.3 Å². The number of amides is 1. The van der Waals surface area contributed by atoms with Gasteiger partial charge in [-0.15, -0.1) is 0 Å². The Morgan fingerprint density at radius 3 is 2.42 bits per heavy atom. The number of anilines is 1. The van der Waals surface area contributed by atoms with Gasteiger partial charge in [0.15, 0.2) is 0 Å². The molecule has 170 valence electrons. The highest BCUT2D eigenvalue weighted by Gasteiger charge is 2.46. The molecule has 33 heavy (non-hydrogen) atoms. The Labute approximate surface area is 204 Å². The first-order valence-electron chi connectivity index (χ1n) is 11.2. The molecule has 0 radical (unpaired) electrons. The molecule has 5 rings (SSSR count). The maximum Gasteiger partial charge on any atom is 0.258 e. The number of fused-ring (bicyclic) bond motifs is 2. The number of methoxy groups -OCH3 is 1. The van der Waals surface area contributed by atoms with Gasteiger partial charge in [0, 0.05) is 29.8 Å². The molecule has 6 heteroatoms. The third-order valence-electron chi connectivity index (χ3n) is 7.00. The summed E-state index contributed by atoms with van der Waals surface area (Å²) < 4.78 is 5.54. The summed E-state index contributed by atoms with van der Waals surface area (Å²) in [6, 6.07) is 21.7. The molecule has 0 saturated carbocycles. The lowest BCUT2D eigenvalue weighted by Crippen LogP contribution is -2.45. The SMILES string of the molecule is COc1ccc2c(c1)C1(CCN(Cc3ccccc3)CC1)CN2C(=O)c1ccc(Cl)c(Cl)c1. The van der Waals surface area contributed by atoms with Crippen molar-refractivity contribution in [2.45, 2.75) is 24.8 Å². The van der Waals surface area contributed by atoms with Gasteiger partial charge >= 0.3 is 0 Å². The normalized spacial score (nSPS) is 17.2. The molecule has 3 aromatic carbocycles. The Morgan fingerprint density at radius 2 is 1.73 bits per heavy atom. The first-order valence-corrected chi connectivity index (χ1v) is 12.0. The van der Waals surface area contributed by atoms with Crippen molar-refractivity contribution in [3.63, 3.8) is 0 Å². The fourth-order valence-corrected chi connectivity index (χ4v) is 5.45. The molecule has 2 heterocycles. The van der Waals surface area contributed by atoms with Crippen LogP contribution in [0.2, 0.25) is 10.0 Å². The quantitative estimate of drug-likeness (QED) is 0.445. The molecule has 3 aromatic rings. The standard InChI is InChI=1S/C27H26Cl2N2O2/c1-33-21-8-10-25-22(16-21)27(11-13-30(14-12-27)17-19-5-3-2-4-6-19)18-31(25)26(32)20-7-9-23(28)24(29)15-20/h2-10,15-16H,11-14,17-18H2,1H3. The van der Waals surface area contributed by atoms with E-state index in [-0.39, 0.29) is 11.3 Å². The molecule has 2 aliphatic rings. The fourth-order valence-electron chi connectivity index (χ4n) is 5.15. The number of nitrogens with zero attached hydrogens (tertiary/aromatic N) is 2. The first-order chi connectivity index (χ1) is 16.0. The van der Waals surface area contributed by atoms with Gasteiger partial charge in [-0.1, -0.05) is 53.5 Å². The molecule has 1 fully saturated rings. The summed E-state index contributed by atoms with van der Waals surface area (Å²) in [6.45, 7) is 3.59. The summed E-state index contributed by atoms with van der Waals surface area (Å²) in [4.78, 5) is 17.9. The summed E-state index contributed by atoms with van der Waals surface area (Å²) in [6.07, 6.45) is 1.98. The van der Waals surface area contributed by atoms with E-state index >= 15 is 0 Å². The second kappa shape index (κ2) is 9.02. The van der Waals surface area contributed by atoms with E-state index in [9.17, 15) is 4.79 Å². The van der Waals surface area contributed by atoms with Gasteiger partial charge in [-0.25, -0.2) is 0 Å². The Bertz CT molecular complexity index is 1170. The molecule has 1 spiro atoms. The van der Waals surface area contributed by atoms with Crippen LogP contribution in [0, 0.1) is 0 Å². The number of carbonyl (C=O) groups excluding carboxylic acids is 1. The van der Waals surface area contributed by atoms with E-state index in [0.29, 0.717) is 22.2 Å². The van der Waals surface area contributed by atoms with Gasteiger partial charge in [-0.3, -0.25) is 9.69 Å². The zero-order valence-corrected chi connectivity index (χ0v) is 20.1. The molecule has 4 nitrogen and oxygen atoms in total. The van der Waals surface area contributed by atoms with Crippen molar-refractivity contribution < 1.29 is 9.53 Å². The van der Waals surface area contributed by atoms with Crippen molar-refractivity contribution in [1.82, 2.24) is 4.90 Å². The van der Waals surface area contributed by atoms with Gasteiger partial charge in [0.2, 0.25) is 0 Å². The Balaban J connectivity index is 1.42. The number of benzene rings is 3. The number of carbonyl (C=O) groups is 1. The van der Waals surface area contributed by atoms with E-state index in [1.165, 1.54) is 11.1 Å². The molecule has 1 saturated heterocycles. The smallest absolute Gasteiger partial charge is 0.258 e. The maximum absolute atomic E-state index is 13.5. The third-order valence-corrected chi connectivity index (χ3v) is 7.74. The van der Waals surface area contributed by atoms with Crippen LogP contribution in [0.25, 0.3) is 0 Å². The Morgan fingerprint density at radius 1 is 0.970 bits per heavy atom. The number of hydrogen-bond donors (Lipinski definition) is 0. The van der Waals surface area contributed by atoms with Crippen LogP contribution >= 0.6 is 23.2 Å². The van der Waals surface area contributed by atoms with Crippen LogP contribution in [0.5, 0.6) is 5.75 Å². The first kappa shape index (κ1) is 22.3. The topological polar surface area (TPSA) is 32.8 Å². The molecule has 0 atom stereocenters. The lowest BCUT2D eigenvalue weighted by atomic mass is 9.74. The summed E-state index contributed by atoms with van der Waals surface area (Å²) in [7, 11) is 1.68. The monoisotopic (exact) mass is 480 g/mol. The molecule has 0 bridgehead atoms. The highest BCUT2D eigenvalue weighted by molar-refractivity contribution is 6.42. The molecule has 1 amide bonds. The fraction of sp³-hybridized carbons (Fsp3) is 0.296. The number of hydrogen-bond acceptors (Lipinski definition) is 3. The average Bonchev–Trinajstić information content (AvgIpc) is 3.16. The van der Waals surface area contributed by atoms with Crippen LogP contribution in [0.4, 0.5) is 5.69 Å². The number of piperidine rings is 1. The Kier molecular flexibility index (Phi) is 6.09. The summed E-state index contributed by atoms with van der Waals surface area (Å²) in [5.74, 6) is 0.771. The largest absolute Gasteiger partial charge is 0.497 e. The van der Waals surface area contributed by atoms with E-state index in [1.807, 2.05) is 17.0 Å². The number of halogens is 2. The van der Waals surface area contributed by atoms with Crippen molar-refractivity contribution in [2.24, 2.45) is 0 Å². The highest BCUT2D eigenvalue weighted by atomic mass is 35.5. The van der Waals surface area contributed by atoms with Crippen molar-refractivity contribution in [1.29, 1.82) is 0 Å². The predicted octanol–water partition coefficient (Wildman–Crippen LogP) is 6.20. The van der Waals surface area contributed by atoms with E-state index < -0.39 is 0 Å². The Hall–Kier alpha value is -2.53. The van der Waals surface area contributed by atoms with Gasteiger partial charge in [0.1, 0.15) is 5.75 Å². The number of ether oxygens (including phenoxy) is 1. The zero-order chi connectivity index (χ0) is 23.0. The number of likely N-dealkylation sites (tertiary alicyclic amines) is 1. The summed E-state index contributed by atoms with van der Waals surface area (Å²) in [5.41, 5.74) is 3.96. The lowest BCUT2D eigenvalue weighted by molar-refractivity contribution is 0.0975. The van der Waals surface area contributed by atoms with Crippen molar-refractivity contribution >= 4 is 34.8 Å². The van der Waals surface area contributed by atoms with Crippen LogP contribution < -0.4 is 9.64 Å². The minimum absolute atomic E-state index is 0.0522. The van der Waals surface area contributed by atoms with Crippen LogP contribution in [0.15, 0.2) is 66.7 Å². The molecule has 0 aliphatic carbocycles. The highest BCUT2D eigenvalue weighted by Crippen LogP contribution is 2.49. The second-order valence-electron chi connectivity index (χ2n) is 8.95. The minimum atomic E-state index is -0.0804. The van der Waals surface area contributed by atoms with E-state index in [4.69, 9.17) is 27.9 Å². The van der Waals surface area contributed by atoms with E-state index in [0.717, 1.165) is 43.9 Å². The summed E-state index contributed by atoms with van der Waals surface area (Å²) in [5, 5.41) is 0.836. The number of rotatable bonds is 4. The molecule has 0 unspecified atom stereocenters. The second-order valence-corrected chi connectivity index (χ2v) is 9.76. The molecule has 2 aliphatic heterocycles. The van der Waals surface area contributed by atoms with Crippen molar-refractivity contribution in [2.75, 3.05) is 31.6 Å². The molecule has 0 N–H and O–H groups in total. The van der Waals surface area contributed by atoms with Gasteiger partial charge in [-0.05, 0) is 73.5 Å². The van der Waals surface area contributed by atoms with Gasteiger partial charge in [-0.2, -0.15) is 0 Å². The van der Waals surface area contributed by atoms with Crippen molar-refractivity contribution in [3.05, 3.63) is 93.5 Å². The third kappa shape index (κ3) is 4.23. The van der Waals surface area contributed by atoms with E-state index in [1.54, 1.807) is 25.3 Å². The lowest BCUT2D eigenvalue weighted by Gasteiger charge is -2.40. The predicted molar refractivity (Wildman–Crippen MR) is 134 cm³/mol. The van der Waals surface area contributed by atoms with Crippen molar-refractivity contribution in [3.8, 4) is 5.75 Å². The van der Waals surface area contributed by atoms with Gasteiger partial charge in [0.05, 0.1) is 17.2 Å².